The van der Waals surface area contributed by atoms with Gasteiger partial charge in [-0.15, -0.1) is 0 Å². The highest BCUT2D eigenvalue weighted by molar-refractivity contribution is 5.47. The molecule has 0 aromatic heterocycles. The van der Waals surface area contributed by atoms with Gasteiger partial charge in [0.2, 0.25) is 0 Å². The Kier molecular flexibility index (Phi) is 2.79. The second kappa shape index (κ2) is 4.14. The number of rotatable bonds is 3. The minimum Gasteiger partial charge on any atom is -0.486 e. The molecule has 3 nitrogen and oxygen atoms in total. The van der Waals surface area contributed by atoms with Crippen molar-refractivity contribution in [3.8, 4) is 11.5 Å². The topological polar surface area (TPSA) is 30.5 Å². The van der Waals surface area contributed by atoms with Gasteiger partial charge in [-0.3, -0.25) is 0 Å². The Morgan fingerprint density at radius 1 is 1.11 bits per heavy atom. The molecule has 1 aromatic rings. The summed E-state index contributed by atoms with van der Waals surface area (Å²) < 4.78 is 11.4. The molecule has 104 valence electrons. The number of fused-ring (bicyclic) bond motifs is 1. The lowest BCUT2D eigenvalue weighted by Gasteiger charge is -2.21. The number of nitrogens with one attached hydrogen (secondary N) is 1. The minimum absolute atomic E-state index is 0.360. The number of ether oxygens (including phenoxy) is 2. The summed E-state index contributed by atoms with van der Waals surface area (Å²) in [4.78, 5) is 0. The van der Waals surface area contributed by atoms with Crippen molar-refractivity contribution in [2.24, 2.45) is 10.8 Å². The SMILES string of the molecule is CC1(C)C(NCc2cccc3c2OCCO3)C1(C)C. The van der Waals surface area contributed by atoms with Crippen LogP contribution in [0.1, 0.15) is 33.3 Å². The van der Waals surface area contributed by atoms with Gasteiger partial charge in [-0.2, -0.15) is 0 Å². The van der Waals surface area contributed by atoms with Gasteiger partial charge >= 0.3 is 0 Å². The first-order valence-corrected chi connectivity index (χ1v) is 7.05. The van der Waals surface area contributed by atoms with Gasteiger partial charge in [0.15, 0.2) is 11.5 Å². The molecule has 1 aliphatic carbocycles. The Hall–Kier alpha value is -1.22. The van der Waals surface area contributed by atoms with E-state index in [2.05, 4.69) is 39.1 Å². The third-order valence-electron chi connectivity index (χ3n) is 5.17. The summed E-state index contributed by atoms with van der Waals surface area (Å²) in [6.07, 6.45) is 0. The molecule has 0 unspecified atom stereocenters. The Labute approximate surface area is 115 Å². The van der Waals surface area contributed by atoms with Crippen molar-refractivity contribution < 1.29 is 9.47 Å². The quantitative estimate of drug-likeness (QED) is 0.907. The van der Waals surface area contributed by atoms with Crippen molar-refractivity contribution in [3.05, 3.63) is 23.8 Å². The predicted molar refractivity (Wildman–Crippen MR) is 75.6 cm³/mol. The molecule has 1 saturated carbocycles. The van der Waals surface area contributed by atoms with Gasteiger partial charge in [-0.1, -0.05) is 39.8 Å². The van der Waals surface area contributed by atoms with E-state index in [1.54, 1.807) is 0 Å². The average Bonchev–Trinajstić information content (AvgIpc) is 2.77. The third kappa shape index (κ3) is 1.91. The van der Waals surface area contributed by atoms with Crippen LogP contribution in [-0.4, -0.2) is 19.3 Å². The minimum atomic E-state index is 0.360. The van der Waals surface area contributed by atoms with Crippen LogP contribution in [0.3, 0.4) is 0 Å². The standard InChI is InChI=1S/C16H23NO2/c1-15(2)14(16(15,3)4)17-10-11-6-5-7-12-13(11)19-9-8-18-12/h5-7,14,17H,8-10H2,1-4H3. The van der Waals surface area contributed by atoms with Gasteiger partial charge in [0.25, 0.3) is 0 Å². The molecule has 0 saturated heterocycles. The number of benzene rings is 1. The summed E-state index contributed by atoms with van der Waals surface area (Å²) >= 11 is 0. The summed E-state index contributed by atoms with van der Waals surface area (Å²) in [5.41, 5.74) is 1.91. The number of para-hydroxylation sites is 1. The lowest BCUT2D eigenvalue weighted by Crippen LogP contribution is -2.23. The highest BCUT2D eigenvalue weighted by Crippen LogP contribution is 2.62. The Bertz CT molecular complexity index is 480. The fourth-order valence-corrected chi connectivity index (χ4v) is 3.19. The normalized spacial score (nSPS) is 23.2. The van der Waals surface area contributed by atoms with Gasteiger partial charge in [-0.25, -0.2) is 0 Å². The molecule has 3 heteroatoms. The highest BCUT2D eigenvalue weighted by Gasteiger charge is 2.64. The van der Waals surface area contributed by atoms with Crippen molar-refractivity contribution in [2.45, 2.75) is 40.3 Å². The fourth-order valence-electron chi connectivity index (χ4n) is 3.19. The zero-order valence-corrected chi connectivity index (χ0v) is 12.2. The summed E-state index contributed by atoms with van der Waals surface area (Å²) in [6, 6.07) is 6.68. The van der Waals surface area contributed by atoms with E-state index in [1.165, 1.54) is 5.56 Å². The zero-order chi connectivity index (χ0) is 13.7. The first-order valence-electron chi connectivity index (χ1n) is 7.05. The molecule has 0 spiro atoms. The van der Waals surface area contributed by atoms with Crippen LogP contribution in [0, 0.1) is 10.8 Å². The van der Waals surface area contributed by atoms with Crippen LogP contribution in [0.5, 0.6) is 11.5 Å². The summed E-state index contributed by atoms with van der Waals surface area (Å²) in [7, 11) is 0. The van der Waals surface area contributed by atoms with Crippen LogP contribution in [-0.2, 0) is 6.54 Å². The van der Waals surface area contributed by atoms with E-state index < -0.39 is 0 Å². The van der Waals surface area contributed by atoms with Gasteiger partial charge < -0.3 is 14.8 Å². The van der Waals surface area contributed by atoms with E-state index in [-0.39, 0.29) is 0 Å². The van der Waals surface area contributed by atoms with Crippen LogP contribution in [0.2, 0.25) is 0 Å². The Morgan fingerprint density at radius 3 is 2.47 bits per heavy atom. The van der Waals surface area contributed by atoms with Crippen molar-refractivity contribution in [2.75, 3.05) is 13.2 Å². The first kappa shape index (κ1) is 12.8. The van der Waals surface area contributed by atoms with Crippen LogP contribution in [0.25, 0.3) is 0 Å². The summed E-state index contributed by atoms with van der Waals surface area (Å²) in [5, 5.41) is 3.67. The van der Waals surface area contributed by atoms with E-state index in [0.29, 0.717) is 30.1 Å². The number of hydrogen-bond acceptors (Lipinski definition) is 3. The lowest BCUT2D eigenvalue weighted by atomic mass is 10.0. The van der Waals surface area contributed by atoms with E-state index in [0.717, 1.165) is 18.0 Å². The predicted octanol–water partition coefficient (Wildman–Crippen LogP) is 2.98. The molecule has 1 aromatic carbocycles. The maximum atomic E-state index is 5.75. The third-order valence-corrected chi connectivity index (χ3v) is 5.17. The van der Waals surface area contributed by atoms with Crippen molar-refractivity contribution >= 4 is 0 Å². The maximum Gasteiger partial charge on any atom is 0.165 e. The second-order valence-electron chi connectivity index (χ2n) is 6.70. The zero-order valence-electron chi connectivity index (χ0n) is 12.2. The van der Waals surface area contributed by atoms with Gasteiger partial charge in [0.05, 0.1) is 0 Å². The molecular formula is C16H23NO2. The van der Waals surface area contributed by atoms with Gasteiger partial charge in [-0.05, 0) is 16.9 Å². The summed E-state index contributed by atoms with van der Waals surface area (Å²) in [6.45, 7) is 11.4. The fraction of sp³-hybridized carbons (Fsp3) is 0.625. The Balaban J connectivity index is 1.72. The molecule has 0 bridgehead atoms. The molecule has 1 aliphatic heterocycles. The lowest BCUT2D eigenvalue weighted by molar-refractivity contribution is 0.169. The van der Waals surface area contributed by atoms with E-state index in [9.17, 15) is 0 Å². The molecule has 0 atom stereocenters. The summed E-state index contributed by atoms with van der Waals surface area (Å²) in [5.74, 6) is 1.79. The largest absolute Gasteiger partial charge is 0.486 e. The van der Waals surface area contributed by atoms with Crippen LogP contribution in [0.4, 0.5) is 0 Å². The van der Waals surface area contributed by atoms with E-state index in [1.807, 2.05) is 12.1 Å². The average molecular weight is 261 g/mol. The molecule has 1 fully saturated rings. The maximum absolute atomic E-state index is 5.75. The second-order valence-corrected chi connectivity index (χ2v) is 6.70. The van der Waals surface area contributed by atoms with Crippen LogP contribution >= 0.6 is 0 Å². The van der Waals surface area contributed by atoms with E-state index in [4.69, 9.17) is 9.47 Å². The van der Waals surface area contributed by atoms with Crippen molar-refractivity contribution in [1.29, 1.82) is 0 Å². The molecule has 2 aliphatic rings. The van der Waals surface area contributed by atoms with E-state index >= 15 is 0 Å². The molecule has 19 heavy (non-hydrogen) atoms. The molecular weight excluding hydrogens is 238 g/mol. The smallest absolute Gasteiger partial charge is 0.165 e. The Morgan fingerprint density at radius 2 is 1.79 bits per heavy atom. The first-order chi connectivity index (χ1) is 8.94. The van der Waals surface area contributed by atoms with Crippen molar-refractivity contribution in [3.63, 3.8) is 0 Å². The molecule has 1 heterocycles. The molecule has 3 rings (SSSR count). The number of hydrogen-bond donors (Lipinski definition) is 1. The van der Waals surface area contributed by atoms with Crippen molar-refractivity contribution in [1.82, 2.24) is 5.32 Å². The molecule has 0 radical (unpaired) electrons. The van der Waals surface area contributed by atoms with Crippen LogP contribution < -0.4 is 14.8 Å². The van der Waals surface area contributed by atoms with Gasteiger partial charge in [0.1, 0.15) is 13.2 Å². The highest BCUT2D eigenvalue weighted by atomic mass is 16.6. The monoisotopic (exact) mass is 261 g/mol. The van der Waals surface area contributed by atoms with Crippen LogP contribution in [0.15, 0.2) is 18.2 Å². The molecule has 1 N–H and O–H groups in total. The van der Waals surface area contributed by atoms with Gasteiger partial charge in [0, 0.05) is 18.2 Å². The molecule has 0 amide bonds.